The molecule has 1 saturated heterocycles. The van der Waals surface area contributed by atoms with E-state index in [-0.39, 0.29) is 4.90 Å². The first-order chi connectivity index (χ1) is 12.1. The van der Waals surface area contributed by atoms with Gasteiger partial charge in [0, 0.05) is 18.0 Å². The van der Waals surface area contributed by atoms with Crippen LogP contribution >= 0.6 is 0 Å². The number of nitrogens with one attached hydrogen (secondary N) is 3. The van der Waals surface area contributed by atoms with Crippen molar-refractivity contribution in [1.29, 1.82) is 0 Å². The first-order valence-corrected chi connectivity index (χ1v) is 9.66. The summed E-state index contributed by atoms with van der Waals surface area (Å²) in [6.45, 7) is 1.85. The van der Waals surface area contributed by atoms with Crippen LogP contribution in [0.15, 0.2) is 64.1 Å². The first-order valence-electron chi connectivity index (χ1n) is 8.18. The van der Waals surface area contributed by atoms with Gasteiger partial charge in [0.1, 0.15) is 0 Å². The van der Waals surface area contributed by atoms with Crippen molar-refractivity contribution < 1.29 is 12.8 Å². The van der Waals surface area contributed by atoms with E-state index in [4.69, 9.17) is 4.42 Å². The molecule has 4 rings (SSSR count). The third kappa shape index (κ3) is 3.33. The summed E-state index contributed by atoms with van der Waals surface area (Å²) in [5.74, 6) is 0. The molecule has 3 N–H and O–H groups in total. The van der Waals surface area contributed by atoms with Crippen LogP contribution in [0.3, 0.4) is 0 Å². The van der Waals surface area contributed by atoms with E-state index in [0.29, 0.717) is 11.7 Å². The second-order valence-electron chi connectivity index (χ2n) is 6.12. The Bertz CT molecular complexity index is 977. The molecule has 0 saturated carbocycles. The largest absolute Gasteiger partial charge is 0.462 e. The number of sulfonamides is 1. The zero-order valence-electron chi connectivity index (χ0n) is 13.5. The normalized spacial score (nSPS) is 17.7. The Morgan fingerprint density at radius 1 is 1.12 bits per heavy atom. The molecule has 0 spiro atoms. The van der Waals surface area contributed by atoms with Gasteiger partial charge in [-0.1, -0.05) is 18.2 Å². The summed E-state index contributed by atoms with van der Waals surface area (Å²) in [7, 11) is -3.63. The average molecular weight is 357 g/mol. The van der Waals surface area contributed by atoms with E-state index in [1.54, 1.807) is 48.7 Å². The fourth-order valence-electron chi connectivity index (χ4n) is 3.06. The van der Waals surface area contributed by atoms with E-state index in [9.17, 15) is 8.42 Å². The minimum absolute atomic E-state index is 0.233. The molecule has 3 aromatic rings. The Morgan fingerprint density at radius 3 is 2.72 bits per heavy atom. The van der Waals surface area contributed by atoms with Crippen molar-refractivity contribution in [3.63, 3.8) is 0 Å². The Kier molecular flexibility index (Phi) is 4.10. The molecule has 25 heavy (non-hydrogen) atoms. The molecule has 7 heteroatoms. The van der Waals surface area contributed by atoms with Crippen LogP contribution < -0.4 is 15.4 Å². The molecule has 1 aliphatic rings. The maximum Gasteiger partial charge on any atom is 0.261 e. The Labute approximate surface area is 146 Å². The third-order valence-corrected chi connectivity index (χ3v) is 5.67. The van der Waals surface area contributed by atoms with Crippen LogP contribution in [0.5, 0.6) is 0 Å². The maximum atomic E-state index is 12.6. The minimum atomic E-state index is -3.63. The van der Waals surface area contributed by atoms with Crippen molar-refractivity contribution in [1.82, 2.24) is 5.32 Å². The number of furan rings is 1. The average Bonchev–Trinajstić information content (AvgIpc) is 3.27. The summed E-state index contributed by atoms with van der Waals surface area (Å²) < 4.78 is 33.4. The van der Waals surface area contributed by atoms with Crippen LogP contribution in [0.4, 0.5) is 11.4 Å². The van der Waals surface area contributed by atoms with Crippen LogP contribution in [-0.4, -0.2) is 27.5 Å². The molecule has 2 aromatic carbocycles. The first kappa shape index (κ1) is 16.0. The molecule has 0 bridgehead atoms. The van der Waals surface area contributed by atoms with Gasteiger partial charge in [-0.25, -0.2) is 8.42 Å². The van der Waals surface area contributed by atoms with Crippen molar-refractivity contribution in [2.24, 2.45) is 0 Å². The summed E-state index contributed by atoms with van der Waals surface area (Å²) in [4.78, 5) is 0.233. The second-order valence-corrected chi connectivity index (χ2v) is 7.80. The lowest BCUT2D eigenvalue weighted by Crippen LogP contribution is -2.22. The molecule has 1 unspecified atom stereocenters. The van der Waals surface area contributed by atoms with Gasteiger partial charge < -0.3 is 15.1 Å². The summed E-state index contributed by atoms with van der Waals surface area (Å²) in [6, 6.07) is 14.0. The second kappa shape index (κ2) is 6.42. The summed E-state index contributed by atoms with van der Waals surface area (Å²) in [6.07, 6.45) is 2.63. The van der Waals surface area contributed by atoms with Gasteiger partial charge in [0.05, 0.1) is 22.5 Å². The zero-order valence-corrected chi connectivity index (χ0v) is 14.3. The third-order valence-electron chi connectivity index (χ3n) is 4.28. The predicted molar refractivity (Wildman–Crippen MR) is 98.4 cm³/mol. The van der Waals surface area contributed by atoms with E-state index in [1.165, 1.54) is 0 Å². The van der Waals surface area contributed by atoms with E-state index in [1.807, 2.05) is 6.07 Å². The molecule has 0 radical (unpaired) electrons. The number of rotatable bonds is 5. The Hall–Kier alpha value is -2.51. The van der Waals surface area contributed by atoms with E-state index in [0.717, 1.165) is 36.2 Å². The predicted octanol–water partition coefficient (Wildman–Crippen LogP) is 3.01. The van der Waals surface area contributed by atoms with Crippen molar-refractivity contribution in [3.8, 4) is 0 Å². The van der Waals surface area contributed by atoms with Crippen LogP contribution in [0, 0.1) is 0 Å². The minimum Gasteiger partial charge on any atom is -0.462 e. The van der Waals surface area contributed by atoms with Crippen LogP contribution in [0.1, 0.15) is 6.42 Å². The van der Waals surface area contributed by atoms with Crippen molar-refractivity contribution in [2.75, 3.05) is 23.1 Å². The fraction of sp³-hybridized carbons (Fsp3) is 0.222. The molecule has 1 aromatic heterocycles. The lowest BCUT2D eigenvalue weighted by molar-refractivity contribution is 0.601. The van der Waals surface area contributed by atoms with E-state index in [2.05, 4.69) is 15.4 Å². The van der Waals surface area contributed by atoms with Gasteiger partial charge in [0.2, 0.25) is 0 Å². The van der Waals surface area contributed by atoms with E-state index < -0.39 is 10.0 Å². The molecule has 0 aliphatic carbocycles. The monoisotopic (exact) mass is 357 g/mol. The molecule has 1 fully saturated rings. The summed E-state index contributed by atoms with van der Waals surface area (Å²) >= 11 is 0. The highest BCUT2D eigenvalue weighted by Crippen LogP contribution is 2.31. The molecule has 130 valence electrons. The van der Waals surface area contributed by atoms with Gasteiger partial charge in [-0.05, 0) is 43.3 Å². The topological polar surface area (TPSA) is 83.4 Å². The van der Waals surface area contributed by atoms with Crippen molar-refractivity contribution >= 4 is 32.4 Å². The summed E-state index contributed by atoms with van der Waals surface area (Å²) in [5.41, 5.74) is 2.03. The Balaban J connectivity index is 1.67. The van der Waals surface area contributed by atoms with Gasteiger partial charge in [-0.3, -0.25) is 4.72 Å². The smallest absolute Gasteiger partial charge is 0.261 e. The van der Waals surface area contributed by atoms with Gasteiger partial charge in [0.15, 0.2) is 5.58 Å². The molecule has 6 nitrogen and oxygen atoms in total. The van der Waals surface area contributed by atoms with Crippen LogP contribution in [0.25, 0.3) is 11.0 Å². The lowest BCUT2D eigenvalue weighted by atomic mass is 10.2. The van der Waals surface area contributed by atoms with Gasteiger partial charge in [-0.15, -0.1) is 0 Å². The SMILES string of the molecule is O=S(=O)(Nc1cc(NC2CCNC2)c2occc2c1)c1ccccc1. The molecule has 1 aliphatic heterocycles. The molecule has 0 amide bonds. The number of hydrogen-bond donors (Lipinski definition) is 3. The van der Waals surface area contributed by atoms with Crippen LogP contribution in [0.2, 0.25) is 0 Å². The zero-order chi connectivity index (χ0) is 17.3. The van der Waals surface area contributed by atoms with E-state index >= 15 is 0 Å². The number of hydrogen-bond acceptors (Lipinski definition) is 5. The van der Waals surface area contributed by atoms with Gasteiger partial charge in [-0.2, -0.15) is 0 Å². The number of anilines is 2. The highest BCUT2D eigenvalue weighted by molar-refractivity contribution is 7.92. The fourth-order valence-corrected chi connectivity index (χ4v) is 4.12. The highest BCUT2D eigenvalue weighted by atomic mass is 32.2. The summed E-state index contributed by atoms with van der Waals surface area (Å²) in [5, 5.41) is 7.60. The van der Waals surface area contributed by atoms with Gasteiger partial charge >= 0.3 is 0 Å². The maximum absolute atomic E-state index is 12.6. The van der Waals surface area contributed by atoms with Crippen LogP contribution in [-0.2, 0) is 10.0 Å². The quantitative estimate of drug-likeness (QED) is 0.654. The van der Waals surface area contributed by atoms with Gasteiger partial charge in [0.25, 0.3) is 10.0 Å². The Morgan fingerprint density at radius 2 is 1.96 bits per heavy atom. The molecular weight excluding hydrogens is 338 g/mol. The number of benzene rings is 2. The highest BCUT2D eigenvalue weighted by Gasteiger charge is 2.19. The standard InChI is InChI=1S/C18H19N3O3S/c22-25(23,16-4-2-1-3-5-16)21-15-10-13-7-9-24-18(13)17(11-15)20-14-6-8-19-12-14/h1-5,7,9-11,14,19-21H,6,8,12H2. The molecule has 2 heterocycles. The molecular formula is C18H19N3O3S. The number of fused-ring (bicyclic) bond motifs is 1. The molecule has 1 atom stereocenters. The van der Waals surface area contributed by atoms with Crippen molar-refractivity contribution in [2.45, 2.75) is 17.4 Å². The van der Waals surface area contributed by atoms with Crippen molar-refractivity contribution in [3.05, 3.63) is 54.8 Å². The lowest BCUT2D eigenvalue weighted by Gasteiger charge is -2.15.